The van der Waals surface area contributed by atoms with Gasteiger partial charge in [0.1, 0.15) is 6.61 Å². The lowest BCUT2D eigenvalue weighted by Crippen LogP contribution is -2.12. The first kappa shape index (κ1) is 37.5. The molecule has 1 heterocycles. The van der Waals surface area contributed by atoms with E-state index < -0.39 is 5.63 Å². The molecular formula is C39H62O5. The van der Waals surface area contributed by atoms with Crippen molar-refractivity contribution in [2.24, 2.45) is 0 Å². The van der Waals surface area contributed by atoms with Crippen molar-refractivity contribution >= 4 is 11.0 Å². The summed E-state index contributed by atoms with van der Waals surface area (Å²) in [6, 6.07) is 5.70. The molecule has 1 aromatic carbocycles. The van der Waals surface area contributed by atoms with Crippen molar-refractivity contribution in [3.05, 3.63) is 51.9 Å². The summed E-state index contributed by atoms with van der Waals surface area (Å²) in [6.45, 7) is 12.3. The lowest BCUT2D eigenvalue weighted by Gasteiger charge is -2.15. The molecular weight excluding hydrogens is 548 g/mol. The molecule has 0 bridgehead atoms. The van der Waals surface area contributed by atoms with Gasteiger partial charge in [0.05, 0.1) is 18.6 Å². The van der Waals surface area contributed by atoms with Crippen LogP contribution in [-0.2, 0) is 0 Å². The molecule has 5 heteroatoms. The van der Waals surface area contributed by atoms with Crippen LogP contribution in [0.2, 0.25) is 0 Å². The number of para-hydroxylation sites is 1. The highest BCUT2D eigenvalue weighted by Crippen LogP contribution is 2.37. The Balaban J connectivity index is 2.08. The summed E-state index contributed by atoms with van der Waals surface area (Å²) in [7, 11) is 0. The molecule has 2 rings (SSSR count). The van der Waals surface area contributed by atoms with E-state index in [-0.39, 0.29) is 5.75 Å². The lowest BCUT2D eigenvalue weighted by molar-refractivity contribution is 0.249. The maximum atomic E-state index is 13.2. The standard InChI is InChI=1S/C39H62O5/c1-6-8-10-12-14-16-18-20-29-42-37-34-26-23-27-35(41-31-28-33(5)25-22-24-32(3)4)36(34)44-39(40)38(37)43-30-21-19-17-15-13-11-9-7-2/h23-24,26-28H,6-22,25,29-31H2,1-5H3. The highest BCUT2D eigenvalue weighted by Gasteiger charge is 2.20. The number of benzene rings is 1. The first-order valence-electron chi connectivity index (χ1n) is 17.7. The van der Waals surface area contributed by atoms with E-state index in [0.717, 1.165) is 43.9 Å². The second kappa shape index (κ2) is 23.7. The van der Waals surface area contributed by atoms with Crippen LogP contribution in [0.5, 0.6) is 17.2 Å². The third-order valence-electron chi connectivity index (χ3n) is 8.06. The van der Waals surface area contributed by atoms with Gasteiger partial charge in [0.15, 0.2) is 17.1 Å². The molecule has 0 spiro atoms. The largest absolute Gasteiger partial charge is 0.489 e. The minimum absolute atomic E-state index is 0.187. The summed E-state index contributed by atoms with van der Waals surface area (Å²) in [4.78, 5) is 13.2. The van der Waals surface area contributed by atoms with Crippen LogP contribution in [0.25, 0.3) is 11.0 Å². The van der Waals surface area contributed by atoms with E-state index in [1.165, 1.54) is 88.2 Å². The van der Waals surface area contributed by atoms with Crippen LogP contribution in [0.1, 0.15) is 150 Å². The van der Waals surface area contributed by atoms with E-state index in [1.807, 2.05) is 18.2 Å². The van der Waals surface area contributed by atoms with Crippen LogP contribution in [0.15, 0.2) is 50.7 Å². The number of rotatable bonds is 26. The molecule has 0 aliphatic heterocycles. The molecule has 2 aromatic rings. The van der Waals surface area contributed by atoms with Gasteiger partial charge in [-0.15, -0.1) is 0 Å². The number of hydrogen-bond donors (Lipinski definition) is 0. The topological polar surface area (TPSA) is 57.9 Å². The SMILES string of the molecule is CCCCCCCCCCOc1c(OCCCCCCCCCC)c2cccc(OCC=C(C)CCC=C(C)C)c2oc1=O. The predicted octanol–water partition coefficient (Wildman–Crippen LogP) is 11.9. The third-order valence-corrected chi connectivity index (χ3v) is 8.06. The maximum absolute atomic E-state index is 13.2. The van der Waals surface area contributed by atoms with E-state index >= 15 is 0 Å². The molecule has 0 amide bonds. The Morgan fingerprint density at radius 1 is 0.682 bits per heavy atom. The summed E-state index contributed by atoms with van der Waals surface area (Å²) in [5.41, 5.74) is 2.52. The maximum Gasteiger partial charge on any atom is 0.383 e. The van der Waals surface area contributed by atoms with Crippen LogP contribution in [0, 0.1) is 0 Å². The van der Waals surface area contributed by atoms with Crippen LogP contribution in [0.4, 0.5) is 0 Å². The van der Waals surface area contributed by atoms with Crippen LogP contribution in [0.3, 0.4) is 0 Å². The minimum Gasteiger partial charge on any atom is -0.489 e. The van der Waals surface area contributed by atoms with E-state index in [9.17, 15) is 4.79 Å². The first-order chi connectivity index (χ1) is 21.5. The fourth-order valence-corrected chi connectivity index (χ4v) is 5.32. The number of allylic oxidation sites excluding steroid dienone is 3. The van der Waals surface area contributed by atoms with Gasteiger partial charge in [-0.25, -0.2) is 4.79 Å². The van der Waals surface area contributed by atoms with Gasteiger partial charge in [-0.3, -0.25) is 0 Å². The van der Waals surface area contributed by atoms with Crippen molar-refractivity contribution in [3.63, 3.8) is 0 Å². The normalized spacial score (nSPS) is 11.6. The van der Waals surface area contributed by atoms with E-state index in [0.29, 0.717) is 36.9 Å². The summed E-state index contributed by atoms with van der Waals surface area (Å²) in [6.07, 6.45) is 25.8. The average molecular weight is 611 g/mol. The Morgan fingerprint density at radius 3 is 1.80 bits per heavy atom. The molecule has 0 aliphatic rings. The van der Waals surface area contributed by atoms with Crippen molar-refractivity contribution in [3.8, 4) is 17.2 Å². The second-order valence-corrected chi connectivity index (χ2v) is 12.5. The van der Waals surface area contributed by atoms with Crippen LogP contribution >= 0.6 is 0 Å². The number of hydrogen-bond acceptors (Lipinski definition) is 5. The van der Waals surface area contributed by atoms with Crippen LogP contribution in [-0.4, -0.2) is 19.8 Å². The summed E-state index contributed by atoms with van der Waals surface area (Å²) >= 11 is 0. The van der Waals surface area contributed by atoms with Gasteiger partial charge in [-0.1, -0.05) is 127 Å². The number of fused-ring (bicyclic) bond motifs is 1. The quantitative estimate of drug-likeness (QED) is 0.0602. The lowest BCUT2D eigenvalue weighted by atomic mass is 10.1. The molecule has 0 saturated carbocycles. The van der Waals surface area contributed by atoms with Crippen molar-refractivity contribution in [2.45, 2.75) is 150 Å². The highest BCUT2D eigenvalue weighted by atomic mass is 16.5. The second-order valence-electron chi connectivity index (χ2n) is 12.5. The Morgan fingerprint density at radius 2 is 1.23 bits per heavy atom. The van der Waals surface area contributed by atoms with Gasteiger partial charge in [0.2, 0.25) is 5.75 Å². The molecule has 1 aromatic heterocycles. The molecule has 0 N–H and O–H groups in total. The Hall–Kier alpha value is -2.69. The van der Waals surface area contributed by atoms with Crippen molar-refractivity contribution < 1.29 is 18.6 Å². The zero-order valence-corrected chi connectivity index (χ0v) is 28.8. The zero-order chi connectivity index (χ0) is 31.8. The van der Waals surface area contributed by atoms with Gasteiger partial charge in [0, 0.05) is 0 Å². The van der Waals surface area contributed by atoms with Gasteiger partial charge in [-0.2, -0.15) is 0 Å². The first-order valence-corrected chi connectivity index (χ1v) is 17.7. The van der Waals surface area contributed by atoms with Gasteiger partial charge < -0.3 is 18.6 Å². The Labute approximate surface area is 268 Å². The minimum atomic E-state index is -0.507. The molecule has 0 aliphatic carbocycles. The molecule has 5 nitrogen and oxygen atoms in total. The van der Waals surface area contributed by atoms with E-state index in [2.05, 4.69) is 46.8 Å². The smallest absolute Gasteiger partial charge is 0.383 e. The monoisotopic (exact) mass is 610 g/mol. The molecule has 0 fully saturated rings. The van der Waals surface area contributed by atoms with E-state index in [1.54, 1.807) is 0 Å². The van der Waals surface area contributed by atoms with E-state index in [4.69, 9.17) is 18.6 Å². The van der Waals surface area contributed by atoms with Crippen LogP contribution < -0.4 is 19.8 Å². The number of ether oxygens (including phenoxy) is 3. The number of unbranched alkanes of at least 4 members (excludes halogenated alkanes) is 14. The molecule has 44 heavy (non-hydrogen) atoms. The summed E-state index contributed by atoms with van der Waals surface area (Å²) < 4.78 is 24.3. The van der Waals surface area contributed by atoms with Crippen molar-refractivity contribution in [2.75, 3.05) is 19.8 Å². The molecule has 0 atom stereocenters. The van der Waals surface area contributed by atoms with Crippen molar-refractivity contribution in [1.29, 1.82) is 0 Å². The average Bonchev–Trinajstić information content (AvgIpc) is 3.00. The van der Waals surface area contributed by atoms with Gasteiger partial charge >= 0.3 is 5.63 Å². The Bertz CT molecular complexity index is 1160. The fraction of sp³-hybridized carbons (Fsp3) is 0.667. The summed E-state index contributed by atoms with van der Waals surface area (Å²) in [5.74, 6) is 1.21. The Kier molecular flexibility index (Phi) is 20.2. The molecule has 0 unspecified atom stereocenters. The predicted molar refractivity (Wildman–Crippen MR) is 187 cm³/mol. The molecule has 0 saturated heterocycles. The van der Waals surface area contributed by atoms with Gasteiger partial charge in [-0.05, 0) is 64.7 Å². The zero-order valence-electron chi connectivity index (χ0n) is 28.8. The van der Waals surface area contributed by atoms with Crippen molar-refractivity contribution in [1.82, 2.24) is 0 Å². The third kappa shape index (κ3) is 15.3. The molecule has 0 radical (unpaired) electrons. The fourth-order valence-electron chi connectivity index (χ4n) is 5.32. The van der Waals surface area contributed by atoms with Gasteiger partial charge in [0.25, 0.3) is 0 Å². The highest BCUT2D eigenvalue weighted by molar-refractivity contribution is 5.89. The molecule has 248 valence electrons. The summed E-state index contributed by atoms with van der Waals surface area (Å²) in [5, 5.41) is 0.719.